The van der Waals surface area contributed by atoms with Crippen molar-refractivity contribution in [1.29, 1.82) is 0 Å². The Kier molecular flexibility index (Phi) is 4.29. The lowest BCUT2D eigenvalue weighted by atomic mass is 10.2. The normalized spacial score (nSPS) is 11.4. The Morgan fingerprint density at radius 2 is 1.76 bits per heavy atom. The third-order valence-corrected chi connectivity index (χ3v) is 5.26. The van der Waals surface area contributed by atoms with Crippen molar-refractivity contribution in [3.05, 3.63) is 59.4 Å². The van der Waals surface area contributed by atoms with Gasteiger partial charge in [0.15, 0.2) is 0 Å². The molecule has 2 aromatic carbocycles. The molecule has 0 aliphatic heterocycles. The van der Waals surface area contributed by atoms with E-state index >= 15 is 0 Å². The van der Waals surface area contributed by atoms with Gasteiger partial charge in [-0.25, -0.2) is 12.8 Å². The summed E-state index contributed by atoms with van der Waals surface area (Å²) >= 11 is 0. The maximum absolute atomic E-state index is 13.1. The molecule has 0 bridgehead atoms. The summed E-state index contributed by atoms with van der Waals surface area (Å²) in [5.74, 6) is -0.457. The van der Waals surface area contributed by atoms with Gasteiger partial charge in [-0.2, -0.15) is 0 Å². The Bertz CT molecular complexity index is 743. The minimum absolute atomic E-state index is 0.0919. The third kappa shape index (κ3) is 3.06. The van der Waals surface area contributed by atoms with Crippen LogP contribution in [0.5, 0.6) is 0 Å². The first-order valence-corrected chi connectivity index (χ1v) is 7.84. The maximum atomic E-state index is 13.1. The number of sulfonamides is 1. The van der Waals surface area contributed by atoms with E-state index in [9.17, 15) is 12.8 Å². The van der Waals surface area contributed by atoms with Gasteiger partial charge in [-0.3, -0.25) is 4.31 Å². The van der Waals surface area contributed by atoms with Crippen LogP contribution in [0.1, 0.15) is 11.1 Å². The Balaban J connectivity index is 2.42. The molecule has 0 unspecified atom stereocenters. The number of nitrogens with two attached hydrogens (primary N) is 1. The van der Waals surface area contributed by atoms with Gasteiger partial charge in [0.2, 0.25) is 0 Å². The molecule has 0 spiro atoms. The van der Waals surface area contributed by atoms with Gasteiger partial charge < -0.3 is 5.73 Å². The molecule has 0 aliphatic rings. The van der Waals surface area contributed by atoms with E-state index < -0.39 is 15.8 Å². The molecule has 112 valence electrons. The smallest absolute Gasteiger partial charge is 0.264 e. The van der Waals surface area contributed by atoms with Crippen LogP contribution in [-0.2, 0) is 16.6 Å². The van der Waals surface area contributed by atoms with Crippen LogP contribution in [-0.4, -0.2) is 15.5 Å². The summed E-state index contributed by atoms with van der Waals surface area (Å²) in [5, 5.41) is 0. The molecular weight excluding hydrogens is 291 g/mol. The molecule has 4 nitrogen and oxygen atoms in total. The molecule has 2 N–H and O–H groups in total. The first kappa shape index (κ1) is 15.5. The molecule has 0 saturated heterocycles. The predicted octanol–water partition coefficient (Wildman–Crippen LogP) is 2.42. The van der Waals surface area contributed by atoms with E-state index in [4.69, 9.17) is 5.73 Å². The largest absolute Gasteiger partial charge is 0.326 e. The first-order chi connectivity index (χ1) is 9.86. The molecule has 2 aromatic rings. The monoisotopic (exact) mass is 308 g/mol. The fraction of sp³-hybridized carbons (Fsp3) is 0.200. The lowest BCUT2D eigenvalue weighted by Crippen LogP contribution is -2.27. The molecule has 0 heterocycles. The number of benzene rings is 2. The summed E-state index contributed by atoms with van der Waals surface area (Å²) in [6, 6.07) is 10.6. The molecule has 21 heavy (non-hydrogen) atoms. The number of halogens is 1. The van der Waals surface area contributed by atoms with Crippen LogP contribution in [0.25, 0.3) is 0 Å². The van der Waals surface area contributed by atoms with Gasteiger partial charge >= 0.3 is 0 Å². The molecule has 0 aliphatic carbocycles. The highest BCUT2D eigenvalue weighted by Gasteiger charge is 2.23. The average Bonchev–Trinajstić information content (AvgIpc) is 2.46. The van der Waals surface area contributed by atoms with Crippen molar-refractivity contribution < 1.29 is 12.8 Å². The molecular formula is C15H17FN2O2S. The van der Waals surface area contributed by atoms with Crippen LogP contribution >= 0.6 is 0 Å². The van der Waals surface area contributed by atoms with E-state index in [2.05, 4.69) is 0 Å². The highest BCUT2D eigenvalue weighted by molar-refractivity contribution is 7.92. The number of rotatable bonds is 4. The van der Waals surface area contributed by atoms with Gasteiger partial charge in [0.25, 0.3) is 10.0 Å². The Morgan fingerprint density at radius 1 is 1.14 bits per heavy atom. The zero-order valence-corrected chi connectivity index (χ0v) is 12.7. The van der Waals surface area contributed by atoms with E-state index in [1.165, 1.54) is 23.5 Å². The van der Waals surface area contributed by atoms with Crippen LogP contribution < -0.4 is 10.0 Å². The standard InChI is InChI=1S/C15H17FN2O2S/c1-11-9-13(16)5-8-15(11)21(19,20)18(2)14-6-3-12(10-17)4-7-14/h3-9H,10,17H2,1-2H3. The second-order valence-corrected chi connectivity index (χ2v) is 6.69. The van der Waals surface area contributed by atoms with Gasteiger partial charge in [0, 0.05) is 13.6 Å². The number of hydrogen-bond donors (Lipinski definition) is 1. The summed E-state index contributed by atoms with van der Waals surface area (Å²) in [7, 11) is -2.26. The van der Waals surface area contributed by atoms with Crippen molar-refractivity contribution in [2.45, 2.75) is 18.4 Å². The van der Waals surface area contributed by atoms with Crippen LogP contribution in [0.3, 0.4) is 0 Å². The average molecular weight is 308 g/mol. The molecule has 0 radical (unpaired) electrons. The van der Waals surface area contributed by atoms with Gasteiger partial charge in [-0.05, 0) is 48.4 Å². The zero-order chi connectivity index (χ0) is 15.6. The van der Waals surface area contributed by atoms with Crippen LogP contribution in [0.15, 0.2) is 47.4 Å². The lowest BCUT2D eigenvalue weighted by molar-refractivity contribution is 0.592. The summed E-state index contributed by atoms with van der Waals surface area (Å²) in [4.78, 5) is 0.0919. The Hall–Kier alpha value is -1.92. The van der Waals surface area contributed by atoms with E-state index in [1.807, 2.05) is 0 Å². The summed E-state index contributed by atoms with van der Waals surface area (Å²) in [5.41, 5.74) is 7.34. The van der Waals surface area contributed by atoms with Crippen LogP contribution in [0.4, 0.5) is 10.1 Å². The maximum Gasteiger partial charge on any atom is 0.264 e. The Morgan fingerprint density at radius 3 is 2.29 bits per heavy atom. The van der Waals surface area contributed by atoms with E-state index in [0.717, 1.165) is 11.6 Å². The van der Waals surface area contributed by atoms with Crippen molar-refractivity contribution in [1.82, 2.24) is 0 Å². The quantitative estimate of drug-likeness (QED) is 0.943. The zero-order valence-electron chi connectivity index (χ0n) is 11.9. The first-order valence-electron chi connectivity index (χ1n) is 6.40. The van der Waals surface area contributed by atoms with Crippen molar-refractivity contribution >= 4 is 15.7 Å². The van der Waals surface area contributed by atoms with E-state index in [1.54, 1.807) is 31.2 Å². The number of hydrogen-bond acceptors (Lipinski definition) is 3. The number of nitrogens with zero attached hydrogens (tertiary/aromatic N) is 1. The van der Waals surface area contributed by atoms with Crippen molar-refractivity contribution in [2.75, 3.05) is 11.4 Å². The lowest BCUT2D eigenvalue weighted by Gasteiger charge is -2.21. The fourth-order valence-corrected chi connectivity index (χ4v) is 3.43. The highest BCUT2D eigenvalue weighted by Crippen LogP contribution is 2.25. The second-order valence-electron chi connectivity index (χ2n) is 4.75. The third-order valence-electron chi connectivity index (χ3n) is 3.31. The van der Waals surface area contributed by atoms with E-state index in [0.29, 0.717) is 17.8 Å². The topological polar surface area (TPSA) is 63.4 Å². The molecule has 2 rings (SSSR count). The number of aryl methyl sites for hydroxylation is 1. The molecule has 0 amide bonds. The molecule has 6 heteroatoms. The summed E-state index contributed by atoms with van der Waals surface area (Å²) < 4.78 is 39.5. The SMILES string of the molecule is Cc1cc(F)ccc1S(=O)(=O)N(C)c1ccc(CN)cc1. The molecule has 0 saturated carbocycles. The van der Waals surface area contributed by atoms with Crippen LogP contribution in [0, 0.1) is 12.7 Å². The minimum atomic E-state index is -3.72. The number of anilines is 1. The predicted molar refractivity (Wildman–Crippen MR) is 81.1 cm³/mol. The van der Waals surface area contributed by atoms with E-state index in [-0.39, 0.29) is 4.90 Å². The van der Waals surface area contributed by atoms with Crippen molar-refractivity contribution in [2.24, 2.45) is 5.73 Å². The molecule has 0 aromatic heterocycles. The van der Waals surface area contributed by atoms with Gasteiger partial charge in [0.05, 0.1) is 10.6 Å². The van der Waals surface area contributed by atoms with Gasteiger partial charge in [0.1, 0.15) is 5.82 Å². The highest BCUT2D eigenvalue weighted by atomic mass is 32.2. The second kappa shape index (κ2) is 5.83. The minimum Gasteiger partial charge on any atom is -0.326 e. The fourth-order valence-electron chi connectivity index (χ4n) is 2.03. The summed E-state index contributed by atoms with van der Waals surface area (Å²) in [6.07, 6.45) is 0. The molecule has 0 atom stereocenters. The summed E-state index contributed by atoms with van der Waals surface area (Å²) in [6.45, 7) is 1.97. The van der Waals surface area contributed by atoms with Gasteiger partial charge in [-0.15, -0.1) is 0 Å². The Labute approximate surface area is 124 Å². The van der Waals surface area contributed by atoms with Crippen LogP contribution in [0.2, 0.25) is 0 Å². The van der Waals surface area contributed by atoms with Crippen molar-refractivity contribution in [3.8, 4) is 0 Å². The van der Waals surface area contributed by atoms with Gasteiger partial charge in [-0.1, -0.05) is 12.1 Å². The molecule has 0 fully saturated rings. The van der Waals surface area contributed by atoms with Crippen molar-refractivity contribution in [3.63, 3.8) is 0 Å².